The minimum Gasteiger partial charge on any atom is -0.446 e. The van der Waals surface area contributed by atoms with E-state index >= 15 is 0 Å². The maximum atomic E-state index is 13.9. The number of aliphatic hydroxyl groups is 5. The molecule has 6 N–H and O–H groups in total. The monoisotopic (exact) mass is 844 g/mol. The minimum atomic E-state index is -1.90. The second-order valence-electron chi connectivity index (χ2n) is 16.0. The Kier molecular flexibility index (Phi) is 14.6. The van der Waals surface area contributed by atoms with Gasteiger partial charge in [0.25, 0.3) is 5.91 Å². The molecule has 0 bridgehead atoms. The first-order valence-electron chi connectivity index (χ1n) is 20.4. The van der Waals surface area contributed by atoms with E-state index in [-0.39, 0.29) is 43.8 Å². The first-order valence-corrected chi connectivity index (χ1v) is 20.4. The van der Waals surface area contributed by atoms with E-state index in [1.165, 1.54) is 22.7 Å². The molecule has 2 aromatic rings. The van der Waals surface area contributed by atoms with Crippen molar-refractivity contribution in [1.29, 1.82) is 5.26 Å². The molecule has 13 atom stereocenters. The molecule has 0 radical (unpaired) electrons. The van der Waals surface area contributed by atoms with Gasteiger partial charge in [-0.15, -0.1) is 0 Å². The number of hydrogen-bond acceptors (Lipinski definition) is 17. The quantitative estimate of drug-likeness (QED) is 0.161. The van der Waals surface area contributed by atoms with E-state index in [0.29, 0.717) is 49.2 Å². The number of rotatable bonds is 10. The number of likely N-dealkylation sites (N-methyl/N-ethyl adjacent to an activating group) is 1. The maximum absolute atomic E-state index is 13.9. The van der Waals surface area contributed by atoms with Crippen LogP contribution in [0.1, 0.15) is 59.3 Å². The van der Waals surface area contributed by atoms with Crippen molar-refractivity contribution in [3.63, 3.8) is 0 Å². The number of amides is 3. The smallest absolute Gasteiger partial charge is 0.419 e. The zero-order valence-electron chi connectivity index (χ0n) is 34.1. The summed E-state index contributed by atoms with van der Waals surface area (Å²) in [7, 11) is 1.87. The van der Waals surface area contributed by atoms with Crippen molar-refractivity contribution in [3.8, 4) is 6.07 Å². The first kappa shape index (κ1) is 45.0. The molecule has 4 aliphatic heterocycles. The van der Waals surface area contributed by atoms with Crippen LogP contribution in [0.15, 0.2) is 18.6 Å². The Labute approximate surface area is 346 Å². The number of nitriles is 1. The van der Waals surface area contributed by atoms with Gasteiger partial charge in [0.1, 0.15) is 61.3 Å². The van der Waals surface area contributed by atoms with Gasteiger partial charge < -0.3 is 64.5 Å². The molecule has 21 heteroatoms. The second kappa shape index (κ2) is 19.5. The predicted molar refractivity (Wildman–Crippen MR) is 208 cm³/mol. The lowest BCUT2D eigenvalue weighted by atomic mass is 9.90. The number of piperidine rings is 1. The lowest BCUT2D eigenvalue weighted by Gasteiger charge is -2.47. The summed E-state index contributed by atoms with van der Waals surface area (Å²) in [5.41, 5.74) is 0.317. The van der Waals surface area contributed by atoms with Crippen molar-refractivity contribution >= 4 is 40.7 Å². The highest BCUT2D eigenvalue weighted by Gasteiger charge is 2.53. The molecule has 60 heavy (non-hydrogen) atoms. The SMILES string of the molecule is CCC1OC(CO)C(O)C(OC2OC(C(=O)N3CCCC(OC(=O)n4ccc5c(N(C)[C@H]6CN(C(=O)CC#N)CC[C@H]6C)ncnc54)CC3)C(O)C(O)C2O)C1NC(C)=O. The maximum Gasteiger partial charge on any atom is 0.419 e. The Morgan fingerprint density at radius 2 is 1.75 bits per heavy atom. The summed E-state index contributed by atoms with van der Waals surface area (Å²) in [4.78, 5) is 66.1. The highest BCUT2D eigenvalue weighted by molar-refractivity contribution is 5.93. The van der Waals surface area contributed by atoms with E-state index in [1.807, 2.05) is 18.0 Å². The van der Waals surface area contributed by atoms with Crippen molar-refractivity contribution < 1.29 is 63.7 Å². The van der Waals surface area contributed by atoms with E-state index in [4.69, 9.17) is 24.2 Å². The molecular formula is C39H56N8O13. The van der Waals surface area contributed by atoms with Crippen molar-refractivity contribution in [3.05, 3.63) is 18.6 Å². The van der Waals surface area contributed by atoms with Crippen LogP contribution in [0.2, 0.25) is 0 Å². The second-order valence-corrected chi connectivity index (χ2v) is 16.0. The number of carbonyl (C=O) groups excluding carboxylic acids is 4. The van der Waals surface area contributed by atoms with Gasteiger partial charge in [-0.05, 0) is 37.7 Å². The van der Waals surface area contributed by atoms with Gasteiger partial charge in [-0.25, -0.2) is 19.3 Å². The minimum absolute atomic E-state index is 0.0875. The predicted octanol–water partition coefficient (Wildman–Crippen LogP) is -1.39. The fraction of sp³-hybridized carbons (Fsp3) is 0.718. The van der Waals surface area contributed by atoms with Crippen molar-refractivity contribution in [2.45, 2.75) is 133 Å². The zero-order valence-corrected chi connectivity index (χ0v) is 34.1. The van der Waals surface area contributed by atoms with Crippen LogP contribution in [0, 0.1) is 17.2 Å². The molecule has 0 saturated carbocycles. The lowest BCUT2D eigenvalue weighted by molar-refractivity contribution is -0.325. The molecule has 6 heterocycles. The van der Waals surface area contributed by atoms with Gasteiger partial charge in [-0.1, -0.05) is 13.8 Å². The summed E-state index contributed by atoms with van der Waals surface area (Å²) in [6.45, 7) is 5.80. The number of nitrogens with zero attached hydrogens (tertiary/aromatic N) is 7. The largest absolute Gasteiger partial charge is 0.446 e. The van der Waals surface area contributed by atoms with Crippen molar-refractivity contribution in [2.24, 2.45) is 5.92 Å². The Hall–Kier alpha value is -4.53. The third kappa shape index (κ3) is 9.35. The molecule has 21 nitrogen and oxygen atoms in total. The molecular weight excluding hydrogens is 788 g/mol. The van der Waals surface area contributed by atoms with Gasteiger partial charge in [0.15, 0.2) is 18.0 Å². The molecule has 0 aromatic carbocycles. The number of ether oxygens (including phenoxy) is 4. The van der Waals surface area contributed by atoms with E-state index in [1.54, 1.807) is 24.1 Å². The van der Waals surface area contributed by atoms with Crippen LogP contribution in [0.5, 0.6) is 0 Å². The van der Waals surface area contributed by atoms with Crippen LogP contribution >= 0.6 is 0 Å². The summed E-state index contributed by atoms with van der Waals surface area (Å²) >= 11 is 0. The number of anilines is 1. The topological polar surface area (TPSA) is 283 Å². The number of hydrogen-bond donors (Lipinski definition) is 6. The fourth-order valence-corrected chi connectivity index (χ4v) is 8.69. The van der Waals surface area contributed by atoms with Crippen LogP contribution in [0.3, 0.4) is 0 Å². The van der Waals surface area contributed by atoms with E-state index in [9.17, 15) is 44.7 Å². The fourth-order valence-electron chi connectivity index (χ4n) is 8.69. The van der Waals surface area contributed by atoms with Crippen LogP contribution < -0.4 is 10.2 Å². The van der Waals surface area contributed by atoms with Gasteiger partial charge in [0, 0.05) is 52.8 Å². The van der Waals surface area contributed by atoms with Crippen LogP contribution in [-0.2, 0) is 33.3 Å². The molecule has 0 spiro atoms. The zero-order chi connectivity index (χ0) is 43.4. The third-order valence-electron chi connectivity index (χ3n) is 12.1. The van der Waals surface area contributed by atoms with E-state index < -0.39 is 91.8 Å². The normalized spacial score (nSPS) is 33.7. The summed E-state index contributed by atoms with van der Waals surface area (Å²) in [6.07, 6.45) is -10.2. The molecule has 0 aliphatic carbocycles. The summed E-state index contributed by atoms with van der Waals surface area (Å²) < 4.78 is 24.8. The van der Waals surface area contributed by atoms with Crippen molar-refractivity contribution in [2.75, 3.05) is 44.7 Å². The van der Waals surface area contributed by atoms with Gasteiger partial charge in [-0.2, -0.15) is 5.26 Å². The number of aliphatic hydroxyl groups excluding tert-OH is 5. The van der Waals surface area contributed by atoms with Crippen LogP contribution in [0.25, 0.3) is 11.0 Å². The van der Waals surface area contributed by atoms with Crippen molar-refractivity contribution in [1.82, 2.24) is 29.7 Å². The third-order valence-corrected chi connectivity index (χ3v) is 12.1. The Morgan fingerprint density at radius 1 is 1.00 bits per heavy atom. The molecule has 4 fully saturated rings. The lowest BCUT2D eigenvalue weighted by Crippen LogP contribution is -2.68. The Bertz CT molecular complexity index is 1890. The molecule has 330 valence electrons. The Morgan fingerprint density at radius 3 is 2.45 bits per heavy atom. The van der Waals surface area contributed by atoms with E-state index in [2.05, 4.69) is 22.2 Å². The number of likely N-dealkylation sites (tertiary alicyclic amines) is 2. The van der Waals surface area contributed by atoms with Gasteiger partial charge in [-0.3, -0.25) is 14.4 Å². The van der Waals surface area contributed by atoms with Gasteiger partial charge in [0.2, 0.25) is 11.8 Å². The summed E-state index contributed by atoms with van der Waals surface area (Å²) in [5.74, 6) is -0.627. The molecule has 11 unspecified atom stereocenters. The number of aromatic nitrogens is 3. The molecule has 6 rings (SSSR count). The van der Waals surface area contributed by atoms with Gasteiger partial charge in [0.05, 0.1) is 36.2 Å². The molecule has 4 aliphatic rings. The Balaban J connectivity index is 1.10. The average molecular weight is 845 g/mol. The average Bonchev–Trinajstić information content (AvgIpc) is 3.54. The number of carbonyl (C=O) groups is 4. The van der Waals surface area contributed by atoms with Crippen LogP contribution in [-0.4, -0.2) is 187 Å². The van der Waals surface area contributed by atoms with Crippen LogP contribution in [0.4, 0.5) is 10.6 Å². The standard InChI is InChI=1S/C39H56N8O13/c1-5-25-28(43-21(3)49)33(29(51)26(18-48)58-25)59-38-32(54)30(52)31(53)34(60-38)37(55)45-13-6-7-22(10-15-45)57-39(56)47-16-11-23-35(41-19-42-36(23)47)44(4)24-17-46(14-9-20(24)2)27(50)8-12-40/h11,16,19-20,22,24-26,28-34,38,48,51-54H,5-10,13-15,17-18H2,1-4H3,(H,43,49)/t20-,22?,24+,25?,26?,28?,29?,30?,31?,32?,33?,34?,38?/m1/s1. The molecule has 3 amide bonds. The molecule has 4 saturated heterocycles. The summed E-state index contributed by atoms with van der Waals surface area (Å²) in [6, 6.07) is 2.58. The number of nitrogens with one attached hydrogen (secondary N) is 1. The van der Waals surface area contributed by atoms with E-state index in [0.717, 1.165) is 6.42 Å². The molecule has 2 aromatic heterocycles. The number of fused-ring (bicyclic) bond motifs is 1. The van der Waals surface area contributed by atoms with Gasteiger partial charge >= 0.3 is 6.09 Å². The summed E-state index contributed by atoms with van der Waals surface area (Å²) in [5, 5.41) is 65.9. The highest BCUT2D eigenvalue weighted by Crippen LogP contribution is 2.33. The first-order chi connectivity index (χ1) is 28.7. The highest BCUT2D eigenvalue weighted by atomic mass is 16.7.